The number of unbranched alkanes of at least 4 members (excludes halogenated alkanes) is 1. The van der Waals surface area contributed by atoms with Gasteiger partial charge in [0.1, 0.15) is 78.0 Å². The van der Waals surface area contributed by atoms with Crippen LogP contribution in [0, 0.1) is 23.7 Å². The summed E-state index contributed by atoms with van der Waals surface area (Å²) in [4.78, 5) is 226. The van der Waals surface area contributed by atoms with Crippen molar-refractivity contribution in [3.63, 3.8) is 0 Å². The highest BCUT2D eigenvalue weighted by Gasteiger charge is 2.45. The monoisotopic (exact) mass is 1590 g/mol. The molecule has 2 aromatic carbocycles. The summed E-state index contributed by atoms with van der Waals surface area (Å²) in [6, 6.07) is -5.21. The molecule has 0 bridgehead atoms. The second-order valence-corrected chi connectivity index (χ2v) is 31.3. The summed E-state index contributed by atoms with van der Waals surface area (Å²) >= 11 is 0.838. The summed E-state index contributed by atoms with van der Waals surface area (Å²) in [5, 5.41) is 62.4. The minimum atomic E-state index is -1.73. The fourth-order valence-corrected chi connectivity index (χ4v) is 14.6. The zero-order chi connectivity index (χ0) is 83.4. The Morgan fingerprint density at radius 1 is 0.527 bits per heavy atom. The lowest BCUT2D eigenvalue weighted by atomic mass is 9.96. The van der Waals surface area contributed by atoms with Crippen LogP contribution < -0.4 is 65.1 Å². The lowest BCUT2D eigenvalue weighted by Crippen LogP contribution is -2.61. The van der Waals surface area contributed by atoms with Gasteiger partial charge in [-0.15, -0.1) is 11.8 Å². The van der Waals surface area contributed by atoms with Crippen molar-refractivity contribution < 1.29 is 97.1 Å². The quantitative estimate of drug-likeness (QED) is 0.0295. The van der Waals surface area contributed by atoms with Crippen LogP contribution in [-0.4, -0.2) is 239 Å². The number of aliphatic carboxylic acids is 2. The molecule has 112 heavy (non-hydrogen) atoms. The molecule has 19 N–H and O–H groups in total. The molecular formula is C76H115N15O20S. The second kappa shape index (κ2) is 44.9. The summed E-state index contributed by atoms with van der Waals surface area (Å²) in [6.45, 7) is 15.8. The second-order valence-electron chi connectivity index (χ2n) is 30.1. The van der Waals surface area contributed by atoms with Crippen LogP contribution in [0.2, 0.25) is 0 Å². The van der Waals surface area contributed by atoms with Crippen molar-refractivity contribution in [2.45, 2.75) is 249 Å². The Labute approximate surface area is 656 Å². The third-order valence-corrected chi connectivity index (χ3v) is 21.2. The highest BCUT2D eigenvalue weighted by molar-refractivity contribution is 8.00. The molecule has 35 nitrogen and oxygen atoms in total. The van der Waals surface area contributed by atoms with E-state index in [9.17, 15) is 97.1 Å². The van der Waals surface area contributed by atoms with Gasteiger partial charge < -0.3 is 95.3 Å². The summed E-state index contributed by atoms with van der Waals surface area (Å²) in [7, 11) is 0. The molecule has 0 spiro atoms. The van der Waals surface area contributed by atoms with Gasteiger partial charge in [0.05, 0.1) is 11.3 Å². The van der Waals surface area contributed by atoms with E-state index in [2.05, 4.69) is 47.9 Å². The van der Waals surface area contributed by atoms with Crippen molar-refractivity contribution in [1.82, 2.24) is 62.6 Å². The molecule has 5 rings (SSSR count). The van der Waals surface area contributed by atoms with Crippen molar-refractivity contribution in [2.24, 2.45) is 40.9 Å². The molecule has 2 aromatic rings. The Bertz CT molecular complexity index is 3640. The number of benzene rings is 2. The smallest absolute Gasteiger partial charge is 0.326 e. The number of carbonyl (C=O) groups excluding carboxylic acids is 14. The van der Waals surface area contributed by atoms with E-state index >= 15 is 0 Å². The minimum absolute atomic E-state index is 0.00871. The lowest BCUT2D eigenvalue weighted by Gasteiger charge is -2.33. The van der Waals surface area contributed by atoms with Crippen LogP contribution in [0.1, 0.15) is 170 Å². The summed E-state index contributed by atoms with van der Waals surface area (Å²) < 4.78 is 0. The maximum atomic E-state index is 14.9. The Balaban J connectivity index is 1.39. The molecule has 0 aliphatic carbocycles. The Morgan fingerprint density at radius 2 is 0.991 bits per heavy atom. The van der Waals surface area contributed by atoms with Crippen LogP contribution in [0.25, 0.3) is 0 Å². The van der Waals surface area contributed by atoms with Gasteiger partial charge in [0, 0.05) is 51.1 Å². The van der Waals surface area contributed by atoms with Crippen molar-refractivity contribution in [3.05, 3.63) is 59.7 Å². The number of imide groups is 1. The molecule has 3 heterocycles. The Hall–Kier alpha value is -9.97. The maximum absolute atomic E-state index is 14.9. The van der Waals surface area contributed by atoms with E-state index in [0.717, 1.165) is 16.7 Å². The van der Waals surface area contributed by atoms with Gasteiger partial charge in [-0.1, -0.05) is 86.1 Å². The van der Waals surface area contributed by atoms with E-state index in [1.54, 1.807) is 53.7 Å². The molecule has 14 atom stereocenters. The molecule has 1 unspecified atom stereocenters. The van der Waals surface area contributed by atoms with Gasteiger partial charge in [-0.25, -0.2) is 4.79 Å². The Kier molecular flexibility index (Phi) is 37.1. The first-order valence-electron chi connectivity index (χ1n) is 38.4. The number of carboxylic acids is 2. The summed E-state index contributed by atoms with van der Waals surface area (Å²) in [5.41, 5.74) is 18.5. The number of phenolic OH excluding ortho intramolecular Hbond substituents is 2. The average Bonchev–Trinajstić information content (AvgIpc) is 1.56. The number of hydrogen-bond donors (Lipinski definition) is 16. The molecule has 0 aromatic heterocycles. The fraction of sp³-hybridized carbons (Fsp3) is 0.632. The molecule has 3 fully saturated rings. The number of thioether (sulfide) groups is 1. The van der Waals surface area contributed by atoms with Gasteiger partial charge in [0.15, 0.2) is 0 Å². The van der Waals surface area contributed by atoms with E-state index in [4.69, 9.17) is 17.2 Å². The molecule has 0 radical (unpaired) electrons. The number of nitrogens with zero attached hydrogens (tertiary/aromatic N) is 3. The van der Waals surface area contributed by atoms with Gasteiger partial charge in [0.25, 0.3) is 0 Å². The number of rotatable bonds is 46. The first-order chi connectivity index (χ1) is 52.9. The standard InChI is InChI=1S/C76H115N15O20S/c1-10-43(9)63(88-70(104)57-18-14-32-90(57)73(107)48(78)36-44-19-23-46(92)24-20-44)72(106)85-54(35-41(5)6)74(108)91-33-15-17-56(91)69(103)81-50(28-30-61(96)97)64(98)84-53(37-45-21-25-47(93)26-22-45)67(101)83-52(34-40(3)4)66(100)80-49(27-29-59(79)94)65(99)86-55(39-112-58-38-60(95)89(11-2)75(58)109)68(102)87-62(42(7)8)71(105)82-51(76(110)111)16-12-13-31-77/h19-26,40-43,48-58,62-63,92-93H,10-18,27-39,77-78H2,1-9H3,(H2,79,94)(H,80,100)(H,81,103)(H,82,105)(H,83,101)(H,84,98)(H,85,106)(H,86,99)(H,87,102)(H,88,104)(H,96,97)(H,110,111)/t43-,48-,49-,50-,51-,52-,53-,54-,55-,56-,57-,58?,62-,63-/m0/s1. The van der Waals surface area contributed by atoms with Crippen LogP contribution >= 0.6 is 11.8 Å². The average molecular weight is 1590 g/mol. The summed E-state index contributed by atoms with van der Waals surface area (Å²) in [5.74, 6) is -16.6. The normalized spacial score (nSPS) is 18.5. The van der Waals surface area contributed by atoms with Gasteiger partial charge in [-0.05, 0) is 150 Å². The molecular weight excluding hydrogens is 1470 g/mol. The zero-order valence-electron chi connectivity index (χ0n) is 65.3. The van der Waals surface area contributed by atoms with Gasteiger partial charge in [-0.2, -0.15) is 0 Å². The van der Waals surface area contributed by atoms with Gasteiger partial charge in [0.2, 0.25) is 82.7 Å². The third kappa shape index (κ3) is 28.3. The van der Waals surface area contributed by atoms with Crippen LogP contribution in [-0.2, 0) is 89.6 Å². The molecule has 14 amide bonds. The Morgan fingerprint density at radius 3 is 1.51 bits per heavy atom. The molecule has 3 aliphatic rings. The SMILES string of the molecule is CC[C@H](C)[C@H](NC(=O)[C@@H]1CCCN1C(=O)[C@@H](N)Cc1ccc(O)cc1)C(=O)N[C@@H](CC(C)C)C(=O)N1CCC[C@H]1C(=O)N[C@@H](CCC(=O)O)C(=O)N[C@@H](Cc1ccc(O)cc1)C(=O)N[C@@H](CC(C)C)C(=O)N[C@@H](CCC(N)=O)C(=O)N[C@@H](CSC1CC(=O)N(CC)C1=O)C(=O)N[C@H](C(=O)N[C@@H](CCCCN)C(=O)O)C(C)C. The molecule has 620 valence electrons. The number of nitrogens with two attached hydrogens (primary N) is 3. The molecule has 3 aliphatic heterocycles. The van der Waals surface area contributed by atoms with E-state index in [1.165, 1.54) is 46.2 Å². The molecule has 0 saturated carbocycles. The largest absolute Gasteiger partial charge is 0.508 e. The summed E-state index contributed by atoms with van der Waals surface area (Å²) in [6.07, 6.45) is -0.580. The first-order valence-corrected chi connectivity index (χ1v) is 39.5. The van der Waals surface area contributed by atoms with Crippen LogP contribution in [0.3, 0.4) is 0 Å². The number of nitrogens with one attached hydrogen (secondary N) is 9. The van der Waals surface area contributed by atoms with Crippen LogP contribution in [0.4, 0.5) is 0 Å². The van der Waals surface area contributed by atoms with Crippen LogP contribution in [0.5, 0.6) is 11.5 Å². The fourth-order valence-electron chi connectivity index (χ4n) is 13.4. The van der Waals surface area contributed by atoms with Gasteiger partial charge >= 0.3 is 11.9 Å². The predicted molar refractivity (Wildman–Crippen MR) is 411 cm³/mol. The van der Waals surface area contributed by atoms with Gasteiger partial charge in [-0.3, -0.25) is 76.8 Å². The number of aromatic hydroxyl groups is 2. The van der Waals surface area contributed by atoms with Crippen molar-refractivity contribution in [2.75, 3.05) is 31.9 Å². The minimum Gasteiger partial charge on any atom is -0.508 e. The van der Waals surface area contributed by atoms with Crippen molar-refractivity contribution in [1.29, 1.82) is 0 Å². The zero-order valence-corrected chi connectivity index (χ0v) is 66.1. The highest BCUT2D eigenvalue weighted by Crippen LogP contribution is 2.28. The van der Waals surface area contributed by atoms with E-state index < -0.39 is 222 Å². The number of amides is 14. The molecule has 36 heteroatoms. The predicted octanol–water partition coefficient (Wildman–Crippen LogP) is -0.426. The third-order valence-electron chi connectivity index (χ3n) is 19.9. The molecule has 3 saturated heterocycles. The topological polar surface area (TPSA) is 550 Å². The number of primary amides is 1. The number of phenols is 2. The van der Waals surface area contributed by atoms with E-state index in [1.807, 2.05) is 20.8 Å². The number of hydrogen-bond acceptors (Lipinski definition) is 21. The number of carbonyl (C=O) groups is 16. The van der Waals surface area contributed by atoms with Crippen LogP contribution in [0.15, 0.2) is 48.5 Å². The highest BCUT2D eigenvalue weighted by atomic mass is 32.2. The first kappa shape index (κ1) is 92.6. The van der Waals surface area contributed by atoms with E-state index in [-0.39, 0.29) is 101 Å². The number of carboxylic acid groups (broad SMARTS) is 2. The van der Waals surface area contributed by atoms with E-state index in [0.29, 0.717) is 36.8 Å². The maximum Gasteiger partial charge on any atom is 0.326 e. The van der Waals surface area contributed by atoms with Crippen molar-refractivity contribution in [3.8, 4) is 11.5 Å². The number of likely N-dealkylation sites (tertiary alicyclic amines) is 3. The lowest BCUT2D eigenvalue weighted by molar-refractivity contribution is -0.143. The van der Waals surface area contributed by atoms with Crippen molar-refractivity contribution >= 4 is 106 Å².